The SMILES string of the molecule is COC1CCN(C(CN)c2ccc(F)c(C)c2)CC1. The second-order valence-electron chi connectivity index (χ2n) is 5.23. The Morgan fingerprint density at radius 3 is 2.63 bits per heavy atom. The molecule has 1 saturated heterocycles. The topological polar surface area (TPSA) is 38.5 Å². The third kappa shape index (κ3) is 3.32. The highest BCUT2D eigenvalue weighted by Gasteiger charge is 2.25. The van der Waals surface area contributed by atoms with E-state index < -0.39 is 0 Å². The Hall–Kier alpha value is -0.970. The first kappa shape index (κ1) is 14.4. The van der Waals surface area contributed by atoms with Crippen molar-refractivity contribution in [2.24, 2.45) is 5.73 Å². The Kier molecular flexibility index (Phi) is 4.91. The molecule has 4 heteroatoms. The number of hydrogen-bond acceptors (Lipinski definition) is 3. The zero-order valence-corrected chi connectivity index (χ0v) is 11.7. The average molecular weight is 266 g/mol. The van der Waals surface area contributed by atoms with E-state index in [0.29, 0.717) is 18.2 Å². The summed E-state index contributed by atoms with van der Waals surface area (Å²) in [6, 6.07) is 5.48. The number of nitrogens with two attached hydrogens (primary N) is 1. The molecule has 1 heterocycles. The molecule has 2 rings (SSSR count). The number of halogens is 1. The van der Waals surface area contributed by atoms with E-state index in [1.54, 1.807) is 14.0 Å². The molecule has 1 aliphatic heterocycles. The van der Waals surface area contributed by atoms with Crippen LogP contribution < -0.4 is 5.73 Å². The number of piperidine rings is 1. The van der Waals surface area contributed by atoms with Gasteiger partial charge in [-0.25, -0.2) is 4.39 Å². The second kappa shape index (κ2) is 6.46. The minimum absolute atomic E-state index is 0.155. The molecule has 1 fully saturated rings. The summed E-state index contributed by atoms with van der Waals surface area (Å²) in [4.78, 5) is 2.38. The maximum atomic E-state index is 13.3. The fourth-order valence-electron chi connectivity index (χ4n) is 2.79. The monoisotopic (exact) mass is 266 g/mol. The van der Waals surface area contributed by atoms with Crippen molar-refractivity contribution in [3.63, 3.8) is 0 Å². The normalized spacial score (nSPS) is 19.6. The minimum atomic E-state index is -0.155. The standard InChI is InChI=1S/C15H23FN2O/c1-11-9-12(3-4-14(11)16)15(10-17)18-7-5-13(19-2)6-8-18/h3-4,9,13,15H,5-8,10,17H2,1-2H3. The van der Waals surface area contributed by atoms with Gasteiger partial charge < -0.3 is 10.5 Å². The van der Waals surface area contributed by atoms with Crippen molar-refractivity contribution >= 4 is 0 Å². The predicted molar refractivity (Wildman–Crippen MR) is 74.5 cm³/mol. The van der Waals surface area contributed by atoms with Crippen molar-refractivity contribution in [2.45, 2.75) is 31.9 Å². The molecule has 1 aromatic rings. The number of benzene rings is 1. The van der Waals surface area contributed by atoms with Crippen molar-refractivity contribution < 1.29 is 9.13 Å². The van der Waals surface area contributed by atoms with Gasteiger partial charge >= 0.3 is 0 Å². The average Bonchev–Trinajstić information content (AvgIpc) is 2.44. The van der Waals surface area contributed by atoms with Crippen LogP contribution >= 0.6 is 0 Å². The third-order valence-corrected chi connectivity index (χ3v) is 4.04. The van der Waals surface area contributed by atoms with Crippen LogP contribution in [0, 0.1) is 12.7 Å². The number of methoxy groups -OCH3 is 1. The fraction of sp³-hybridized carbons (Fsp3) is 0.600. The van der Waals surface area contributed by atoms with Crippen LogP contribution in [0.4, 0.5) is 4.39 Å². The van der Waals surface area contributed by atoms with Gasteiger partial charge in [0.15, 0.2) is 0 Å². The van der Waals surface area contributed by atoms with Gasteiger partial charge in [0.2, 0.25) is 0 Å². The van der Waals surface area contributed by atoms with Gasteiger partial charge in [0.25, 0.3) is 0 Å². The lowest BCUT2D eigenvalue weighted by atomic mass is 9.99. The van der Waals surface area contributed by atoms with Gasteiger partial charge in [-0.2, -0.15) is 0 Å². The van der Waals surface area contributed by atoms with Crippen LogP contribution in [0.5, 0.6) is 0 Å². The maximum absolute atomic E-state index is 13.3. The van der Waals surface area contributed by atoms with E-state index in [4.69, 9.17) is 10.5 Å². The first-order chi connectivity index (χ1) is 9.15. The maximum Gasteiger partial charge on any atom is 0.126 e. The number of hydrogen-bond donors (Lipinski definition) is 1. The van der Waals surface area contributed by atoms with Crippen LogP contribution in [0.15, 0.2) is 18.2 Å². The van der Waals surface area contributed by atoms with Gasteiger partial charge in [-0.1, -0.05) is 12.1 Å². The van der Waals surface area contributed by atoms with Gasteiger partial charge in [-0.3, -0.25) is 4.90 Å². The van der Waals surface area contributed by atoms with Gasteiger partial charge in [0.1, 0.15) is 5.82 Å². The first-order valence-corrected chi connectivity index (χ1v) is 6.88. The summed E-state index contributed by atoms with van der Waals surface area (Å²) in [5.41, 5.74) is 7.72. The smallest absolute Gasteiger partial charge is 0.126 e. The molecule has 0 bridgehead atoms. The van der Waals surface area contributed by atoms with E-state index in [1.165, 1.54) is 6.07 Å². The predicted octanol–water partition coefficient (Wildman–Crippen LogP) is 2.24. The molecule has 0 saturated carbocycles. The molecule has 19 heavy (non-hydrogen) atoms. The Labute approximate surface area is 114 Å². The summed E-state index contributed by atoms with van der Waals surface area (Å²) in [7, 11) is 1.77. The largest absolute Gasteiger partial charge is 0.381 e. The molecule has 3 nitrogen and oxygen atoms in total. The number of nitrogens with zero attached hydrogens (tertiary/aromatic N) is 1. The number of rotatable bonds is 4. The second-order valence-corrected chi connectivity index (χ2v) is 5.23. The number of aryl methyl sites for hydroxylation is 1. The Balaban J connectivity index is 2.09. The van der Waals surface area contributed by atoms with E-state index in [2.05, 4.69) is 4.90 Å². The summed E-state index contributed by atoms with van der Waals surface area (Å²) < 4.78 is 18.7. The lowest BCUT2D eigenvalue weighted by molar-refractivity contribution is 0.0280. The molecule has 1 unspecified atom stereocenters. The molecule has 106 valence electrons. The van der Waals surface area contributed by atoms with E-state index in [0.717, 1.165) is 31.5 Å². The van der Waals surface area contributed by atoms with E-state index in [9.17, 15) is 4.39 Å². The fourth-order valence-corrected chi connectivity index (χ4v) is 2.79. The minimum Gasteiger partial charge on any atom is -0.381 e. The lowest BCUT2D eigenvalue weighted by Crippen LogP contribution is -2.41. The Morgan fingerprint density at radius 1 is 1.42 bits per heavy atom. The highest BCUT2D eigenvalue weighted by molar-refractivity contribution is 5.27. The van der Waals surface area contributed by atoms with Crippen molar-refractivity contribution in [1.82, 2.24) is 4.90 Å². The van der Waals surface area contributed by atoms with Crippen LogP contribution in [0.2, 0.25) is 0 Å². The van der Waals surface area contributed by atoms with E-state index >= 15 is 0 Å². The van der Waals surface area contributed by atoms with Gasteiger partial charge in [0.05, 0.1) is 6.10 Å². The highest BCUT2D eigenvalue weighted by Crippen LogP contribution is 2.25. The van der Waals surface area contributed by atoms with Crippen molar-refractivity contribution in [3.8, 4) is 0 Å². The van der Waals surface area contributed by atoms with E-state index in [1.807, 2.05) is 12.1 Å². The third-order valence-electron chi connectivity index (χ3n) is 4.04. The summed E-state index contributed by atoms with van der Waals surface area (Å²) in [6.07, 6.45) is 2.44. The molecule has 2 N–H and O–H groups in total. The molecular formula is C15H23FN2O. The summed E-state index contributed by atoms with van der Waals surface area (Å²) >= 11 is 0. The molecule has 0 amide bonds. The van der Waals surface area contributed by atoms with Gasteiger partial charge in [0, 0.05) is 32.8 Å². The molecule has 0 aromatic heterocycles. The van der Waals surface area contributed by atoms with Gasteiger partial charge in [-0.05, 0) is 37.0 Å². The van der Waals surface area contributed by atoms with Crippen LogP contribution in [0.1, 0.15) is 30.0 Å². The van der Waals surface area contributed by atoms with Gasteiger partial charge in [-0.15, -0.1) is 0 Å². The van der Waals surface area contributed by atoms with Crippen LogP contribution in [-0.4, -0.2) is 37.7 Å². The quantitative estimate of drug-likeness (QED) is 0.908. The Morgan fingerprint density at radius 2 is 2.11 bits per heavy atom. The van der Waals surface area contributed by atoms with Crippen LogP contribution in [0.3, 0.4) is 0 Å². The summed E-state index contributed by atoms with van der Waals surface area (Å²) in [5.74, 6) is -0.155. The summed E-state index contributed by atoms with van der Waals surface area (Å²) in [5, 5.41) is 0. The number of ether oxygens (including phenoxy) is 1. The molecular weight excluding hydrogens is 243 g/mol. The van der Waals surface area contributed by atoms with E-state index in [-0.39, 0.29) is 11.9 Å². The Bertz CT molecular complexity index is 417. The first-order valence-electron chi connectivity index (χ1n) is 6.88. The zero-order chi connectivity index (χ0) is 13.8. The van der Waals surface area contributed by atoms with Crippen molar-refractivity contribution in [3.05, 3.63) is 35.1 Å². The highest BCUT2D eigenvalue weighted by atomic mass is 19.1. The molecule has 1 aromatic carbocycles. The molecule has 1 aliphatic rings. The van der Waals surface area contributed by atoms with Crippen molar-refractivity contribution in [2.75, 3.05) is 26.7 Å². The number of likely N-dealkylation sites (tertiary alicyclic amines) is 1. The molecule has 0 aliphatic carbocycles. The van der Waals surface area contributed by atoms with Crippen LogP contribution in [-0.2, 0) is 4.74 Å². The van der Waals surface area contributed by atoms with Crippen LogP contribution in [0.25, 0.3) is 0 Å². The molecule has 0 radical (unpaired) electrons. The lowest BCUT2D eigenvalue weighted by Gasteiger charge is -2.37. The zero-order valence-electron chi connectivity index (χ0n) is 11.7. The molecule has 1 atom stereocenters. The molecule has 0 spiro atoms. The summed E-state index contributed by atoms with van der Waals surface area (Å²) in [6.45, 7) is 4.32. The van der Waals surface area contributed by atoms with Crippen molar-refractivity contribution in [1.29, 1.82) is 0 Å².